The van der Waals surface area contributed by atoms with E-state index in [-0.39, 0.29) is 13.0 Å². The Hall–Kier alpha value is -0.400. The van der Waals surface area contributed by atoms with Gasteiger partial charge in [-0.05, 0) is 0 Å². The fraction of sp³-hybridized carbons (Fsp3) is 1.00. The average Bonchev–Trinajstić information content (AvgIpc) is 2.53. The number of hydrogen-bond donors (Lipinski definition) is 7. The molecule has 0 aromatic carbocycles. The molecule has 22 heavy (non-hydrogen) atoms. The first-order valence-corrected chi connectivity index (χ1v) is 6.82. The number of ether oxygens (including phenoxy) is 3. The lowest BCUT2D eigenvalue weighted by Gasteiger charge is -2.41. The molecule has 0 spiro atoms. The topological polar surface area (TPSA) is 169 Å². The van der Waals surface area contributed by atoms with Crippen LogP contribution < -0.4 is 0 Å². The van der Waals surface area contributed by atoms with Gasteiger partial charge in [0.1, 0.15) is 30.5 Å². The SMILES string of the molecule is CO.OCC1O[C@H](O[C@@H]2CO[C@@H](O)C(O)C2)C(O)[C@H](O)[C@H]1O. The third kappa shape index (κ3) is 4.55. The molecule has 10 heteroatoms. The standard InChI is InChI=1S/C11H20O9.CH4O/c12-2-6-7(14)8(15)9(16)11(20-6)19-4-1-5(13)10(17)18-3-4;1-2/h4-17H,1-3H2;2H,1H3/t4-,5?,6?,7-,8+,9?,10+,11-;/m0./s1. The molecule has 2 fully saturated rings. The van der Waals surface area contributed by atoms with Crippen LogP contribution in [0.5, 0.6) is 0 Å². The van der Waals surface area contributed by atoms with Gasteiger partial charge in [-0.1, -0.05) is 0 Å². The highest BCUT2D eigenvalue weighted by Gasteiger charge is 2.45. The fourth-order valence-corrected chi connectivity index (χ4v) is 2.24. The van der Waals surface area contributed by atoms with E-state index in [0.717, 1.165) is 7.11 Å². The minimum absolute atomic E-state index is 0.0206. The van der Waals surface area contributed by atoms with E-state index in [4.69, 9.17) is 24.4 Å². The maximum absolute atomic E-state index is 9.78. The Morgan fingerprint density at radius 3 is 2.18 bits per heavy atom. The summed E-state index contributed by atoms with van der Waals surface area (Å²) < 4.78 is 15.4. The Labute approximate surface area is 127 Å². The Bertz CT molecular complexity index is 314. The quantitative estimate of drug-likeness (QED) is 0.270. The van der Waals surface area contributed by atoms with Gasteiger partial charge >= 0.3 is 0 Å². The summed E-state index contributed by atoms with van der Waals surface area (Å²) in [7, 11) is 1.00. The van der Waals surface area contributed by atoms with Crippen molar-refractivity contribution in [3.63, 3.8) is 0 Å². The zero-order chi connectivity index (χ0) is 16.9. The third-order valence-electron chi connectivity index (χ3n) is 3.46. The van der Waals surface area contributed by atoms with Crippen LogP contribution in [0, 0.1) is 0 Å². The minimum atomic E-state index is -1.52. The van der Waals surface area contributed by atoms with Crippen molar-refractivity contribution in [3.05, 3.63) is 0 Å². The second-order valence-corrected chi connectivity index (χ2v) is 4.98. The number of aliphatic hydroxyl groups is 7. The van der Waals surface area contributed by atoms with Crippen LogP contribution in [0.1, 0.15) is 6.42 Å². The van der Waals surface area contributed by atoms with Crippen molar-refractivity contribution in [2.75, 3.05) is 20.3 Å². The minimum Gasteiger partial charge on any atom is -0.400 e. The normalized spacial score (nSPS) is 45.8. The lowest BCUT2D eigenvalue weighted by molar-refractivity contribution is -0.326. The van der Waals surface area contributed by atoms with Gasteiger partial charge in [0.2, 0.25) is 0 Å². The Morgan fingerprint density at radius 2 is 1.64 bits per heavy atom. The van der Waals surface area contributed by atoms with E-state index in [2.05, 4.69) is 0 Å². The van der Waals surface area contributed by atoms with Gasteiger partial charge in [-0.2, -0.15) is 0 Å². The number of rotatable bonds is 3. The van der Waals surface area contributed by atoms with Crippen LogP contribution in [0.4, 0.5) is 0 Å². The lowest BCUT2D eigenvalue weighted by atomic mass is 9.99. The third-order valence-corrected chi connectivity index (χ3v) is 3.46. The van der Waals surface area contributed by atoms with Crippen LogP contribution in [-0.2, 0) is 14.2 Å². The molecule has 0 aromatic rings. The first-order valence-electron chi connectivity index (χ1n) is 6.82. The zero-order valence-corrected chi connectivity index (χ0v) is 12.1. The van der Waals surface area contributed by atoms with Gasteiger partial charge in [-0.25, -0.2) is 0 Å². The Kier molecular flexibility index (Phi) is 8.07. The fourth-order valence-electron chi connectivity index (χ4n) is 2.24. The highest BCUT2D eigenvalue weighted by Crippen LogP contribution is 2.25. The van der Waals surface area contributed by atoms with E-state index < -0.39 is 55.8 Å². The smallest absolute Gasteiger partial charge is 0.187 e. The predicted octanol–water partition coefficient (Wildman–Crippen LogP) is -4.12. The maximum atomic E-state index is 9.78. The molecule has 0 bridgehead atoms. The molecule has 0 radical (unpaired) electrons. The van der Waals surface area contributed by atoms with Gasteiger partial charge in [-0.3, -0.25) is 0 Å². The van der Waals surface area contributed by atoms with Gasteiger partial charge in [0.05, 0.1) is 19.3 Å². The second kappa shape index (κ2) is 9.03. The van der Waals surface area contributed by atoms with Gasteiger partial charge < -0.3 is 50.0 Å². The first kappa shape index (κ1) is 19.6. The van der Waals surface area contributed by atoms with Crippen molar-refractivity contribution < 1.29 is 50.0 Å². The molecule has 0 aromatic heterocycles. The predicted molar refractivity (Wildman–Crippen MR) is 69.4 cm³/mol. The molecule has 2 aliphatic heterocycles. The molecular weight excluding hydrogens is 304 g/mol. The monoisotopic (exact) mass is 328 g/mol. The molecule has 132 valence electrons. The van der Waals surface area contributed by atoms with Crippen molar-refractivity contribution >= 4 is 0 Å². The van der Waals surface area contributed by atoms with Crippen molar-refractivity contribution in [2.24, 2.45) is 0 Å². The van der Waals surface area contributed by atoms with E-state index in [1.54, 1.807) is 0 Å². The highest BCUT2D eigenvalue weighted by atomic mass is 16.7. The van der Waals surface area contributed by atoms with Crippen LogP contribution in [0.15, 0.2) is 0 Å². The highest BCUT2D eigenvalue weighted by molar-refractivity contribution is 4.89. The summed E-state index contributed by atoms with van der Waals surface area (Å²) in [6, 6.07) is 0. The van der Waals surface area contributed by atoms with Crippen molar-refractivity contribution in [1.29, 1.82) is 0 Å². The average molecular weight is 328 g/mol. The second-order valence-electron chi connectivity index (χ2n) is 4.98. The van der Waals surface area contributed by atoms with Crippen molar-refractivity contribution in [3.8, 4) is 0 Å². The van der Waals surface area contributed by atoms with Gasteiger partial charge in [0.15, 0.2) is 12.6 Å². The van der Waals surface area contributed by atoms with Gasteiger partial charge in [-0.15, -0.1) is 0 Å². The molecule has 10 nitrogen and oxygen atoms in total. The molecule has 2 rings (SSSR count). The van der Waals surface area contributed by atoms with Gasteiger partial charge in [0, 0.05) is 13.5 Å². The van der Waals surface area contributed by atoms with Crippen LogP contribution >= 0.6 is 0 Å². The Balaban J connectivity index is 0.00000116. The summed E-state index contributed by atoms with van der Waals surface area (Å²) >= 11 is 0. The van der Waals surface area contributed by atoms with E-state index in [9.17, 15) is 25.5 Å². The molecule has 0 saturated carbocycles. The van der Waals surface area contributed by atoms with Crippen molar-refractivity contribution in [1.82, 2.24) is 0 Å². The molecule has 0 amide bonds. The molecule has 0 aliphatic carbocycles. The van der Waals surface area contributed by atoms with E-state index in [1.807, 2.05) is 0 Å². The van der Waals surface area contributed by atoms with Gasteiger partial charge in [0.25, 0.3) is 0 Å². The van der Waals surface area contributed by atoms with Crippen LogP contribution in [0.3, 0.4) is 0 Å². The van der Waals surface area contributed by atoms with Crippen LogP contribution in [-0.4, -0.2) is 105 Å². The molecule has 3 unspecified atom stereocenters. The van der Waals surface area contributed by atoms with E-state index in [0.29, 0.717) is 0 Å². The molecule has 8 atom stereocenters. The molecule has 7 N–H and O–H groups in total. The summed E-state index contributed by atoms with van der Waals surface area (Å²) in [5.41, 5.74) is 0. The summed E-state index contributed by atoms with van der Waals surface area (Å²) in [6.07, 6.45) is -9.82. The molecule has 2 heterocycles. The van der Waals surface area contributed by atoms with E-state index >= 15 is 0 Å². The van der Waals surface area contributed by atoms with Crippen LogP contribution in [0.2, 0.25) is 0 Å². The largest absolute Gasteiger partial charge is 0.400 e. The van der Waals surface area contributed by atoms with E-state index in [1.165, 1.54) is 0 Å². The zero-order valence-electron chi connectivity index (χ0n) is 12.1. The van der Waals surface area contributed by atoms with Crippen molar-refractivity contribution in [2.45, 2.75) is 55.6 Å². The molecular formula is C12H24O10. The summed E-state index contributed by atoms with van der Waals surface area (Å²) in [5.74, 6) is 0. The van der Waals surface area contributed by atoms with Crippen LogP contribution in [0.25, 0.3) is 0 Å². The maximum Gasteiger partial charge on any atom is 0.187 e. The molecule has 2 saturated heterocycles. The summed E-state index contributed by atoms with van der Waals surface area (Å²) in [4.78, 5) is 0. The molecule has 2 aliphatic rings. The lowest BCUT2D eigenvalue weighted by Crippen LogP contribution is -2.60. The Morgan fingerprint density at radius 1 is 1.00 bits per heavy atom. The summed E-state index contributed by atoms with van der Waals surface area (Å²) in [6.45, 7) is -0.569. The summed E-state index contributed by atoms with van der Waals surface area (Å²) in [5, 5.41) is 63.7. The number of aliphatic hydroxyl groups excluding tert-OH is 7. The number of hydrogen-bond acceptors (Lipinski definition) is 10. The first-order chi connectivity index (χ1) is 10.4.